The zero-order chi connectivity index (χ0) is 14.0. The van der Waals surface area contributed by atoms with Gasteiger partial charge in [-0.15, -0.1) is 0 Å². The average molecular weight is 284 g/mol. The molecule has 6 heteroatoms. The van der Waals surface area contributed by atoms with Crippen LogP contribution in [0.2, 0.25) is 5.02 Å². The van der Waals surface area contributed by atoms with Crippen LogP contribution in [0.4, 0.5) is 5.82 Å². The summed E-state index contributed by atoms with van der Waals surface area (Å²) in [5.74, 6) is 0.168. The van der Waals surface area contributed by atoms with Crippen molar-refractivity contribution in [1.82, 2.24) is 9.88 Å². The molecule has 2 N–H and O–H groups in total. The molecule has 1 fully saturated rings. The fraction of sp³-hybridized carbons (Fsp3) is 0.538. The molecule has 0 bridgehead atoms. The number of anilines is 1. The van der Waals surface area contributed by atoms with E-state index in [1.165, 1.54) is 12.3 Å². The lowest BCUT2D eigenvalue weighted by atomic mass is 9.94. The maximum Gasteiger partial charge on any atom is 0.255 e. The lowest BCUT2D eigenvalue weighted by Gasteiger charge is -2.39. The monoisotopic (exact) mass is 283 g/mol. The molecule has 2 rings (SSSR count). The van der Waals surface area contributed by atoms with Gasteiger partial charge in [0.1, 0.15) is 5.82 Å². The number of methoxy groups -OCH3 is 1. The van der Waals surface area contributed by atoms with E-state index in [0.29, 0.717) is 29.5 Å². The summed E-state index contributed by atoms with van der Waals surface area (Å²) < 4.78 is 5.48. The van der Waals surface area contributed by atoms with E-state index in [9.17, 15) is 4.79 Å². The third kappa shape index (κ3) is 2.98. The number of aromatic nitrogens is 1. The number of nitrogen functional groups attached to an aromatic ring is 1. The molecule has 104 valence electrons. The molecule has 19 heavy (non-hydrogen) atoms. The molecule has 1 saturated heterocycles. The minimum atomic E-state index is -0.293. The summed E-state index contributed by atoms with van der Waals surface area (Å²) in [6.45, 7) is 3.27. The van der Waals surface area contributed by atoms with Crippen LogP contribution in [0.1, 0.15) is 30.1 Å². The second-order valence-corrected chi connectivity index (χ2v) is 5.48. The molecule has 0 aliphatic carbocycles. The summed E-state index contributed by atoms with van der Waals surface area (Å²) in [6, 6.07) is 1.52. The fourth-order valence-electron chi connectivity index (χ4n) is 2.33. The first-order valence-corrected chi connectivity index (χ1v) is 6.58. The SMILES string of the molecule is COC1(C)CCCN(C(=O)c2cc(N)ncc2Cl)C1. The molecule has 1 aliphatic heterocycles. The number of nitrogens with two attached hydrogens (primary N) is 1. The lowest BCUT2D eigenvalue weighted by molar-refractivity contribution is -0.0440. The van der Waals surface area contributed by atoms with Crippen LogP contribution in [-0.4, -0.2) is 41.6 Å². The topological polar surface area (TPSA) is 68.5 Å². The van der Waals surface area contributed by atoms with Crippen LogP contribution in [0.15, 0.2) is 12.3 Å². The molecule has 2 heterocycles. The third-order valence-electron chi connectivity index (χ3n) is 3.55. The molecule has 1 aliphatic rings. The van der Waals surface area contributed by atoms with Crippen LogP contribution in [0.5, 0.6) is 0 Å². The first-order valence-electron chi connectivity index (χ1n) is 6.21. The van der Waals surface area contributed by atoms with Gasteiger partial charge in [0, 0.05) is 26.4 Å². The Morgan fingerprint density at radius 2 is 2.37 bits per heavy atom. The van der Waals surface area contributed by atoms with Crippen molar-refractivity contribution >= 4 is 23.3 Å². The Kier molecular flexibility index (Phi) is 3.96. The Balaban J connectivity index is 2.22. The van der Waals surface area contributed by atoms with Gasteiger partial charge in [0.15, 0.2) is 0 Å². The second kappa shape index (κ2) is 5.35. The van der Waals surface area contributed by atoms with Gasteiger partial charge in [-0.05, 0) is 25.8 Å². The van der Waals surface area contributed by atoms with Gasteiger partial charge in [-0.2, -0.15) is 0 Å². The molecule has 1 aromatic rings. The quantitative estimate of drug-likeness (QED) is 0.901. The highest BCUT2D eigenvalue weighted by Crippen LogP contribution is 2.26. The van der Waals surface area contributed by atoms with Crippen molar-refractivity contribution in [3.63, 3.8) is 0 Å². The summed E-state index contributed by atoms with van der Waals surface area (Å²) in [4.78, 5) is 18.1. The summed E-state index contributed by atoms with van der Waals surface area (Å²) in [7, 11) is 1.67. The van der Waals surface area contributed by atoms with Gasteiger partial charge in [-0.3, -0.25) is 4.79 Å². The predicted molar refractivity (Wildman–Crippen MR) is 74.2 cm³/mol. The number of pyridine rings is 1. The van der Waals surface area contributed by atoms with Crippen LogP contribution >= 0.6 is 11.6 Å². The molecular weight excluding hydrogens is 266 g/mol. The molecule has 0 spiro atoms. The van der Waals surface area contributed by atoms with Crippen LogP contribution in [0, 0.1) is 0 Å². The van der Waals surface area contributed by atoms with Gasteiger partial charge in [-0.25, -0.2) is 4.98 Å². The number of amides is 1. The predicted octanol–water partition coefficient (Wildman–Crippen LogP) is 1.96. The highest BCUT2D eigenvalue weighted by molar-refractivity contribution is 6.33. The highest BCUT2D eigenvalue weighted by Gasteiger charge is 2.33. The van der Waals surface area contributed by atoms with E-state index < -0.39 is 0 Å². The Morgan fingerprint density at radius 3 is 3.05 bits per heavy atom. The van der Waals surface area contributed by atoms with Crippen molar-refractivity contribution in [3.8, 4) is 0 Å². The zero-order valence-electron chi connectivity index (χ0n) is 11.1. The minimum absolute atomic E-state index is 0.123. The first-order chi connectivity index (χ1) is 8.95. The Labute approximate surface area is 117 Å². The Hall–Kier alpha value is -1.33. The summed E-state index contributed by atoms with van der Waals surface area (Å²) in [5, 5.41) is 0.323. The van der Waals surface area contributed by atoms with Crippen LogP contribution in [0.25, 0.3) is 0 Å². The number of halogens is 1. The second-order valence-electron chi connectivity index (χ2n) is 5.07. The van der Waals surface area contributed by atoms with Crippen molar-refractivity contribution in [2.75, 3.05) is 25.9 Å². The number of nitrogens with zero attached hydrogens (tertiary/aromatic N) is 2. The van der Waals surface area contributed by atoms with E-state index in [4.69, 9.17) is 22.1 Å². The number of piperidine rings is 1. The van der Waals surface area contributed by atoms with E-state index in [2.05, 4.69) is 4.98 Å². The van der Waals surface area contributed by atoms with Crippen LogP contribution in [-0.2, 0) is 4.74 Å². The van der Waals surface area contributed by atoms with Gasteiger partial charge in [0.25, 0.3) is 5.91 Å². The molecule has 1 unspecified atom stereocenters. The van der Waals surface area contributed by atoms with Crippen molar-refractivity contribution in [2.24, 2.45) is 0 Å². The van der Waals surface area contributed by atoms with Crippen LogP contribution in [0.3, 0.4) is 0 Å². The number of likely N-dealkylation sites (tertiary alicyclic amines) is 1. The van der Waals surface area contributed by atoms with Crippen molar-refractivity contribution in [3.05, 3.63) is 22.8 Å². The molecule has 0 aromatic carbocycles. The van der Waals surface area contributed by atoms with Gasteiger partial charge < -0.3 is 15.4 Å². The maximum atomic E-state index is 12.5. The molecule has 1 aromatic heterocycles. The Bertz CT molecular complexity index is 495. The van der Waals surface area contributed by atoms with Crippen molar-refractivity contribution < 1.29 is 9.53 Å². The first kappa shape index (κ1) is 14.1. The largest absolute Gasteiger partial charge is 0.384 e. The summed E-state index contributed by atoms with van der Waals surface area (Å²) in [6.07, 6.45) is 3.26. The lowest BCUT2D eigenvalue weighted by Crippen LogP contribution is -2.49. The average Bonchev–Trinajstić information content (AvgIpc) is 2.41. The highest BCUT2D eigenvalue weighted by atomic mass is 35.5. The van der Waals surface area contributed by atoms with Crippen molar-refractivity contribution in [1.29, 1.82) is 0 Å². The van der Waals surface area contributed by atoms with E-state index in [1.807, 2.05) is 6.92 Å². The third-order valence-corrected chi connectivity index (χ3v) is 3.85. The van der Waals surface area contributed by atoms with E-state index in [-0.39, 0.29) is 11.5 Å². The van der Waals surface area contributed by atoms with Gasteiger partial charge >= 0.3 is 0 Å². The number of hydrogen-bond acceptors (Lipinski definition) is 4. The van der Waals surface area contributed by atoms with Gasteiger partial charge in [-0.1, -0.05) is 11.6 Å². The molecule has 1 amide bonds. The molecule has 0 saturated carbocycles. The summed E-state index contributed by atoms with van der Waals surface area (Å²) in [5.41, 5.74) is 5.71. The molecular formula is C13H18ClN3O2. The molecule has 5 nitrogen and oxygen atoms in total. The van der Waals surface area contributed by atoms with Gasteiger partial charge in [0.2, 0.25) is 0 Å². The van der Waals surface area contributed by atoms with E-state index in [0.717, 1.165) is 12.8 Å². The fourth-order valence-corrected chi connectivity index (χ4v) is 2.52. The smallest absolute Gasteiger partial charge is 0.255 e. The zero-order valence-corrected chi connectivity index (χ0v) is 11.9. The van der Waals surface area contributed by atoms with Crippen LogP contribution < -0.4 is 5.73 Å². The summed E-state index contributed by atoms with van der Waals surface area (Å²) >= 11 is 6.02. The Morgan fingerprint density at radius 1 is 1.63 bits per heavy atom. The van der Waals surface area contributed by atoms with Gasteiger partial charge in [0.05, 0.1) is 16.2 Å². The number of rotatable bonds is 2. The molecule has 0 radical (unpaired) electrons. The standard InChI is InChI=1S/C13H18ClN3O2/c1-13(19-2)4-3-5-17(8-13)12(18)9-6-11(15)16-7-10(9)14/h6-7H,3-5,8H2,1-2H3,(H2,15,16). The number of carbonyl (C=O) groups is 1. The van der Waals surface area contributed by atoms with Crippen molar-refractivity contribution in [2.45, 2.75) is 25.4 Å². The number of hydrogen-bond donors (Lipinski definition) is 1. The van der Waals surface area contributed by atoms with E-state index in [1.54, 1.807) is 12.0 Å². The molecule has 1 atom stereocenters. The number of ether oxygens (including phenoxy) is 1. The normalized spacial score (nSPS) is 23.4. The minimum Gasteiger partial charge on any atom is -0.384 e. The number of carbonyl (C=O) groups excluding carboxylic acids is 1. The van der Waals surface area contributed by atoms with E-state index >= 15 is 0 Å². The maximum absolute atomic E-state index is 12.5.